The number of carbonyl (C=O) groups is 2. The van der Waals surface area contributed by atoms with Gasteiger partial charge in [0.1, 0.15) is 0 Å². The summed E-state index contributed by atoms with van der Waals surface area (Å²) in [5.41, 5.74) is 4.42. The lowest BCUT2D eigenvalue weighted by Gasteiger charge is -2.11. The van der Waals surface area contributed by atoms with Crippen molar-refractivity contribution in [2.45, 2.75) is 26.2 Å². The van der Waals surface area contributed by atoms with E-state index in [-0.39, 0.29) is 12.4 Å². The third-order valence-corrected chi connectivity index (χ3v) is 5.07. The number of aromatic nitrogens is 1. The standard InChI is InChI=1S/C26H27NO5/c1-19-7-13-22(14-8-19)25(28)23-6-4-16-27(23)15-3-5-20-9-11-21(12-10-20)17-32-18-24(31-2)26(29)30/h3-14,16,24H,15,17-18H2,1-2H3,(H,29,30). The Bertz CT molecular complexity index is 1060. The average Bonchev–Trinajstić information content (AvgIpc) is 3.26. The highest BCUT2D eigenvalue weighted by molar-refractivity contribution is 6.08. The SMILES string of the molecule is COC(COCc1ccc(C=CCn2cccc2C(=O)c2ccc(C)cc2)cc1)C(=O)O. The predicted molar refractivity (Wildman–Crippen MR) is 123 cm³/mol. The molecule has 166 valence electrons. The zero-order valence-corrected chi connectivity index (χ0v) is 18.2. The lowest BCUT2D eigenvalue weighted by molar-refractivity contribution is -0.152. The quantitative estimate of drug-likeness (QED) is 0.455. The van der Waals surface area contributed by atoms with Gasteiger partial charge >= 0.3 is 5.97 Å². The molecule has 0 aliphatic heterocycles. The molecule has 0 amide bonds. The van der Waals surface area contributed by atoms with Gasteiger partial charge in [-0.3, -0.25) is 4.79 Å². The number of rotatable bonds is 11. The van der Waals surface area contributed by atoms with Crippen LogP contribution >= 0.6 is 0 Å². The summed E-state index contributed by atoms with van der Waals surface area (Å²) in [6.07, 6.45) is 4.94. The summed E-state index contributed by atoms with van der Waals surface area (Å²) in [6, 6.07) is 19.1. The van der Waals surface area contributed by atoms with Gasteiger partial charge in [-0.1, -0.05) is 66.2 Å². The normalized spacial score (nSPS) is 12.2. The molecule has 0 fully saturated rings. The smallest absolute Gasteiger partial charge is 0.335 e. The fourth-order valence-electron chi connectivity index (χ4n) is 3.18. The summed E-state index contributed by atoms with van der Waals surface area (Å²) in [7, 11) is 1.35. The third-order valence-electron chi connectivity index (χ3n) is 5.07. The van der Waals surface area contributed by atoms with Crippen molar-refractivity contribution in [1.82, 2.24) is 4.57 Å². The topological polar surface area (TPSA) is 77.8 Å². The van der Waals surface area contributed by atoms with Gasteiger partial charge in [-0.05, 0) is 30.2 Å². The number of ketones is 1. The van der Waals surface area contributed by atoms with Gasteiger partial charge in [-0.15, -0.1) is 0 Å². The van der Waals surface area contributed by atoms with Gasteiger partial charge in [0.05, 0.1) is 18.9 Å². The molecule has 32 heavy (non-hydrogen) atoms. The predicted octanol–water partition coefficient (Wildman–Crippen LogP) is 4.36. The second kappa shape index (κ2) is 11.2. The van der Waals surface area contributed by atoms with Crippen molar-refractivity contribution in [3.05, 3.63) is 101 Å². The van der Waals surface area contributed by atoms with Crippen LogP contribution in [0.25, 0.3) is 6.08 Å². The van der Waals surface area contributed by atoms with E-state index in [1.165, 1.54) is 7.11 Å². The van der Waals surface area contributed by atoms with Crippen LogP contribution in [0.3, 0.4) is 0 Å². The number of benzene rings is 2. The van der Waals surface area contributed by atoms with Crippen molar-refractivity contribution in [2.24, 2.45) is 0 Å². The maximum atomic E-state index is 12.8. The van der Waals surface area contributed by atoms with E-state index in [0.717, 1.165) is 16.7 Å². The van der Waals surface area contributed by atoms with Crippen LogP contribution in [-0.4, -0.2) is 41.2 Å². The van der Waals surface area contributed by atoms with Gasteiger partial charge in [0.15, 0.2) is 6.10 Å². The van der Waals surface area contributed by atoms with E-state index < -0.39 is 12.1 Å². The van der Waals surface area contributed by atoms with Crippen molar-refractivity contribution in [1.29, 1.82) is 0 Å². The summed E-state index contributed by atoms with van der Waals surface area (Å²) in [6.45, 7) is 2.88. The zero-order valence-electron chi connectivity index (χ0n) is 18.2. The van der Waals surface area contributed by atoms with Gasteiger partial charge in [0, 0.05) is 25.4 Å². The van der Waals surface area contributed by atoms with Crippen LogP contribution in [-0.2, 0) is 27.4 Å². The van der Waals surface area contributed by atoms with Crippen LogP contribution in [0.15, 0.2) is 72.9 Å². The molecule has 1 unspecified atom stereocenters. The number of carbonyl (C=O) groups excluding carboxylic acids is 1. The van der Waals surface area contributed by atoms with Gasteiger partial charge < -0.3 is 19.1 Å². The van der Waals surface area contributed by atoms with Crippen LogP contribution in [0.5, 0.6) is 0 Å². The highest BCUT2D eigenvalue weighted by Crippen LogP contribution is 2.13. The first kappa shape index (κ1) is 23.2. The van der Waals surface area contributed by atoms with Crippen molar-refractivity contribution >= 4 is 17.8 Å². The number of nitrogens with zero attached hydrogens (tertiary/aromatic N) is 1. The summed E-state index contributed by atoms with van der Waals surface area (Å²) in [5, 5.41) is 8.94. The second-order valence-corrected chi connectivity index (χ2v) is 7.46. The lowest BCUT2D eigenvalue weighted by Crippen LogP contribution is -2.27. The Hall–Kier alpha value is -3.48. The van der Waals surface area contributed by atoms with Crippen LogP contribution in [0.2, 0.25) is 0 Å². The molecule has 1 aromatic heterocycles. The molecule has 0 aliphatic rings. The summed E-state index contributed by atoms with van der Waals surface area (Å²) < 4.78 is 12.2. The van der Waals surface area contributed by atoms with Crippen LogP contribution in [0.4, 0.5) is 0 Å². The number of aryl methyl sites for hydroxylation is 1. The van der Waals surface area contributed by atoms with E-state index in [9.17, 15) is 9.59 Å². The molecule has 3 rings (SSSR count). The van der Waals surface area contributed by atoms with Crippen molar-refractivity contribution in [3.63, 3.8) is 0 Å². The van der Waals surface area contributed by atoms with E-state index in [0.29, 0.717) is 24.4 Å². The largest absolute Gasteiger partial charge is 0.479 e. The minimum absolute atomic E-state index is 0.00589. The zero-order chi connectivity index (χ0) is 22.9. The molecule has 0 saturated carbocycles. The number of aliphatic carboxylic acids is 1. The van der Waals surface area contributed by atoms with E-state index >= 15 is 0 Å². The van der Waals surface area contributed by atoms with Crippen molar-refractivity contribution < 1.29 is 24.2 Å². The molecular weight excluding hydrogens is 406 g/mol. The fourth-order valence-corrected chi connectivity index (χ4v) is 3.18. The maximum absolute atomic E-state index is 12.8. The third kappa shape index (κ3) is 6.26. The number of allylic oxidation sites excluding steroid dienone is 1. The highest BCUT2D eigenvalue weighted by atomic mass is 16.5. The first-order valence-electron chi connectivity index (χ1n) is 10.3. The molecule has 1 atom stereocenters. The molecule has 0 saturated heterocycles. The van der Waals surface area contributed by atoms with Crippen LogP contribution in [0.1, 0.15) is 32.7 Å². The number of hydrogen-bond donors (Lipinski definition) is 1. The maximum Gasteiger partial charge on any atom is 0.335 e. The molecule has 1 N–H and O–H groups in total. The highest BCUT2D eigenvalue weighted by Gasteiger charge is 2.16. The Morgan fingerprint density at radius 2 is 1.78 bits per heavy atom. The van der Waals surface area contributed by atoms with Gasteiger partial charge in [-0.25, -0.2) is 4.79 Å². The van der Waals surface area contributed by atoms with Crippen LogP contribution < -0.4 is 0 Å². The molecular formula is C26H27NO5. The molecule has 6 heteroatoms. The van der Waals surface area contributed by atoms with E-state index in [4.69, 9.17) is 14.6 Å². The Balaban J connectivity index is 1.54. The molecule has 0 spiro atoms. The van der Waals surface area contributed by atoms with E-state index in [2.05, 4.69) is 0 Å². The number of methoxy groups -OCH3 is 1. The molecule has 1 heterocycles. The Morgan fingerprint density at radius 3 is 2.44 bits per heavy atom. The van der Waals surface area contributed by atoms with E-state index in [1.54, 1.807) is 0 Å². The first-order chi connectivity index (χ1) is 15.5. The van der Waals surface area contributed by atoms with E-state index in [1.807, 2.05) is 90.5 Å². The first-order valence-corrected chi connectivity index (χ1v) is 10.3. The Labute approximate surface area is 187 Å². The van der Waals surface area contributed by atoms with Gasteiger partial charge in [0.2, 0.25) is 5.78 Å². The van der Waals surface area contributed by atoms with Crippen LogP contribution in [0, 0.1) is 6.92 Å². The molecule has 0 aliphatic carbocycles. The molecule has 0 bridgehead atoms. The minimum atomic E-state index is -1.04. The molecule has 2 aromatic carbocycles. The summed E-state index contributed by atoms with van der Waals surface area (Å²) in [4.78, 5) is 23.7. The summed E-state index contributed by atoms with van der Waals surface area (Å²) in [5.74, 6) is -1.04. The number of carboxylic acid groups (broad SMARTS) is 1. The molecule has 3 aromatic rings. The molecule has 6 nitrogen and oxygen atoms in total. The minimum Gasteiger partial charge on any atom is -0.479 e. The number of carboxylic acids is 1. The van der Waals surface area contributed by atoms with Gasteiger partial charge in [0.25, 0.3) is 0 Å². The Kier molecular flexibility index (Phi) is 8.14. The van der Waals surface area contributed by atoms with Crippen molar-refractivity contribution in [3.8, 4) is 0 Å². The Morgan fingerprint density at radius 1 is 1.06 bits per heavy atom. The lowest BCUT2D eigenvalue weighted by atomic mass is 10.1. The van der Waals surface area contributed by atoms with Crippen molar-refractivity contribution in [2.75, 3.05) is 13.7 Å². The second-order valence-electron chi connectivity index (χ2n) is 7.46. The summed E-state index contributed by atoms with van der Waals surface area (Å²) >= 11 is 0. The number of ether oxygens (including phenoxy) is 2. The number of hydrogen-bond acceptors (Lipinski definition) is 4. The van der Waals surface area contributed by atoms with Gasteiger partial charge in [-0.2, -0.15) is 0 Å². The molecule has 0 radical (unpaired) electrons. The fraction of sp³-hybridized carbons (Fsp3) is 0.231. The monoisotopic (exact) mass is 433 g/mol. The average molecular weight is 434 g/mol.